The van der Waals surface area contributed by atoms with Crippen LogP contribution in [0.2, 0.25) is 0 Å². The van der Waals surface area contributed by atoms with Crippen molar-refractivity contribution in [1.29, 1.82) is 0 Å². The van der Waals surface area contributed by atoms with Gasteiger partial charge in [-0.15, -0.1) is 0 Å². The van der Waals surface area contributed by atoms with Crippen molar-refractivity contribution in [3.8, 4) is 0 Å². The Hall–Kier alpha value is -1.62. The van der Waals surface area contributed by atoms with Gasteiger partial charge in [0.15, 0.2) is 0 Å². The molecule has 0 aromatic carbocycles. The third-order valence-electron chi connectivity index (χ3n) is 6.29. The van der Waals surface area contributed by atoms with Crippen molar-refractivity contribution >= 4 is 11.7 Å². The van der Waals surface area contributed by atoms with Crippen LogP contribution in [-0.4, -0.2) is 54.7 Å². The maximum Gasteiger partial charge on any atom is 0.312 e. The molecule has 5 nitrogen and oxygen atoms in total. The molecule has 3 fully saturated rings. The number of carbonyl (C=O) groups is 1. The number of piperazine rings is 1. The smallest absolute Gasteiger partial charge is 0.312 e. The monoisotopic (exact) mass is 343 g/mol. The van der Waals surface area contributed by atoms with Gasteiger partial charge in [-0.3, -0.25) is 14.7 Å². The van der Waals surface area contributed by atoms with Gasteiger partial charge in [0.05, 0.1) is 17.3 Å². The van der Waals surface area contributed by atoms with Crippen LogP contribution in [0.15, 0.2) is 24.5 Å². The second-order valence-corrected chi connectivity index (χ2v) is 7.90. The zero-order valence-corrected chi connectivity index (χ0v) is 15.0. The highest BCUT2D eigenvalue weighted by Gasteiger charge is 2.48. The first-order valence-electron chi connectivity index (χ1n) is 9.84. The average Bonchev–Trinajstić information content (AvgIpc) is 2.97. The summed E-state index contributed by atoms with van der Waals surface area (Å²) in [4.78, 5) is 21.5. The molecule has 3 aliphatic rings. The Morgan fingerprint density at radius 2 is 1.96 bits per heavy atom. The van der Waals surface area contributed by atoms with Crippen molar-refractivity contribution in [3.63, 3.8) is 0 Å². The molecule has 2 saturated heterocycles. The molecular formula is C20H29N3O2. The van der Waals surface area contributed by atoms with Crippen LogP contribution in [0.1, 0.15) is 44.9 Å². The Kier molecular flexibility index (Phi) is 4.93. The molecular weight excluding hydrogens is 314 g/mol. The zero-order valence-electron chi connectivity index (χ0n) is 15.0. The second kappa shape index (κ2) is 7.32. The molecule has 1 aromatic heterocycles. The number of ether oxygens (including phenoxy) is 1. The number of hydrogen-bond donors (Lipinski definition) is 0. The molecule has 0 amide bonds. The number of cyclic esters (lactones) is 1. The lowest BCUT2D eigenvalue weighted by Gasteiger charge is -2.36. The summed E-state index contributed by atoms with van der Waals surface area (Å²) in [6, 6.07) is 4.13. The van der Waals surface area contributed by atoms with Gasteiger partial charge >= 0.3 is 5.97 Å². The second-order valence-electron chi connectivity index (χ2n) is 7.90. The van der Waals surface area contributed by atoms with E-state index in [9.17, 15) is 4.79 Å². The third-order valence-corrected chi connectivity index (χ3v) is 6.29. The van der Waals surface area contributed by atoms with Gasteiger partial charge in [-0.05, 0) is 31.4 Å². The largest absolute Gasteiger partial charge is 0.462 e. The topological polar surface area (TPSA) is 45.7 Å². The molecule has 136 valence electrons. The van der Waals surface area contributed by atoms with E-state index < -0.39 is 0 Å². The highest BCUT2D eigenvalue weighted by atomic mass is 16.6. The Morgan fingerprint density at radius 1 is 1.16 bits per heavy atom. The van der Waals surface area contributed by atoms with Gasteiger partial charge in [0.2, 0.25) is 0 Å². The van der Waals surface area contributed by atoms with Crippen molar-refractivity contribution < 1.29 is 9.53 Å². The Balaban J connectivity index is 1.23. The van der Waals surface area contributed by atoms with Crippen molar-refractivity contribution in [2.75, 3.05) is 37.6 Å². The van der Waals surface area contributed by atoms with Gasteiger partial charge in [-0.25, -0.2) is 0 Å². The van der Waals surface area contributed by atoms with Crippen LogP contribution in [0, 0.1) is 5.41 Å². The summed E-state index contributed by atoms with van der Waals surface area (Å²) in [7, 11) is 0. The molecule has 0 N–H and O–H groups in total. The Bertz CT molecular complexity index is 578. The number of anilines is 1. The molecule has 5 heteroatoms. The molecule has 1 spiro atoms. The third kappa shape index (κ3) is 3.66. The first-order valence-corrected chi connectivity index (χ1v) is 9.84. The van der Waals surface area contributed by atoms with E-state index in [0.717, 1.165) is 58.4 Å². The van der Waals surface area contributed by atoms with Crippen LogP contribution < -0.4 is 4.90 Å². The van der Waals surface area contributed by atoms with E-state index in [2.05, 4.69) is 20.9 Å². The molecule has 1 saturated carbocycles. The lowest BCUT2D eigenvalue weighted by Crippen LogP contribution is -2.47. The highest BCUT2D eigenvalue weighted by Crippen LogP contribution is 2.46. The van der Waals surface area contributed by atoms with Gasteiger partial charge in [0, 0.05) is 45.3 Å². The molecule has 1 aromatic rings. The van der Waals surface area contributed by atoms with Crippen molar-refractivity contribution in [2.24, 2.45) is 5.41 Å². The summed E-state index contributed by atoms with van der Waals surface area (Å²) in [5.74, 6) is 0.0959. The molecule has 25 heavy (non-hydrogen) atoms. The van der Waals surface area contributed by atoms with Gasteiger partial charge < -0.3 is 9.64 Å². The van der Waals surface area contributed by atoms with E-state index in [1.165, 1.54) is 24.9 Å². The number of carbonyl (C=O) groups excluding carboxylic acids is 1. The lowest BCUT2D eigenvalue weighted by molar-refractivity contribution is -0.150. The molecule has 4 rings (SSSR count). The molecule has 3 heterocycles. The van der Waals surface area contributed by atoms with Crippen LogP contribution in [0.3, 0.4) is 0 Å². The summed E-state index contributed by atoms with van der Waals surface area (Å²) in [5.41, 5.74) is 1.09. The summed E-state index contributed by atoms with van der Waals surface area (Å²) in [6.07, 6.45) is 11.6. The SMILES string of the molecule is O=C1O[C@H](CCN2CCN(c3cccnc3)CC2)CC12CCCCC2. The normalized spacial score (nSPS) is 26.8. The van der Waals surface area contributed by atoms with E-state index in [1.54, 1.807) is 0 Å². The standard InChI is InChI=1S/C20H29N3O2/c24-19-20(7-2-1-3-8-20)15-18(25-19)6-10-22-11-13-23(14-12-22)17-5-4-9-21-16-17/h4-5,9,16,18H,1-3,6-8,10-15H2/t18-/m1/s1. The number of pyridine rings is 1. The zero-order chi connectivity index (χ0) is 17.1. The van der Waals surface area contributed by atoms with E-state index in [-0.39, 0.29) is 17.5 Å². The summed E-state index contributed by atoms with van der Waals surface area (Å²) < 4.78 is 5.75. The van der Waals surface area contributed by atoms with E-state index in [0.29, 0.717) is 0 Å². The van der Waals surface area contributed by atoms with Gasteiger partial charge in [-0.2, -0.15) is 0 Å². The predicted molar refractivity (Wildman–Crippen MR) is 97.5 cm³/mol. The van der Waals surface area contributed by atoms with Gasteiger partial charge in [0.25, 0.3) is 0 Å². The quantitative estimate of drug-likeness (QED) is 0.787. The minimum Gasteiger partial charge on any atom is -0.462 e. The first-order chi connectivity index (χ1) is 12.3. The minimum absolute atomic E-state index is 0.0959. The van der Waals surface area contributed by atoms with Crippen LogP contribution in [-0.2, 0) is 9.53 Å². The van der Waals surface area contributed by atoms with E-state index in [1.807, 2.05) is 18.5 Å². The fourth-order valence-corrected chi connectivity index (χ4v) is 4.73. The average molecular weight is 343 g/mol. The minimum atomic E-state index is -0.123. The summed E-state index contributed by atoms with van der Waals surface area (Å²) in [6.45, 7) is 5.26. The molecule has 0 bridgehead atoms. The molecule has 0 radical (unpaired) electrons. The Labute approximate surface area is 150 Å². The lowest BCUT2D eigenvalue weighted by atomic mass is 9.72. The van der Waals surface area contributed by atoms with Crippen LogP contribution >= 0.6 is 0 Å². The van der Waals surface area contributed by atoms with Crippen molar-refractivity contribution in [2.45, 2.75) is 51.0 Å². The number of nitrogens with zero attached hydrogens (tertiary/aromatic N) is 3. The van der Waals surface area contributed by atoms with E-state index >= 15 is 0 Å². The van der Waals surface area contributed by atoms with Crippen LogP contribution in [0.5, 0.6) is 0 Å². The van der Waals surface area contributed by atoms with Crippen molar-refractivity contribution in [3.05, 3.63) is 24.5 Å². The highest BCUT2D eigenvalue weighted by molar-refractivity contribution is 5.79. The molecule has 2 aliphatic heterocycles. The fraction of sp³-hybridized carbons (Fsp3) is 0.700. The number of aromatic nitrogens is 1. The molecule has 0 unspecified atom stereocenters. The molecule has 1 aliphatic carbocycles. The summed E-state index contributed by atoms with van der Waals surface area (Å²) in [5, 5.41) is 0. The van der Waals surface area contributed by atoms with Gasteiger partial charge in [0.1, 0.15) is 6.10 Å². The molecule has 1 atom stereocenters. The van der Waals surface area contributed by atoms with Gasteiger partial charge in [-0.1, -0.05) is 19.3 Å². The van der Waals surface area contributed by atoms with E-state index in [4.69, 9.17) is 4.74 Å². The maximum atomic E-state index is 12.4. The number of esters is 1. The van der Waals surface area contributed by atoms with Crippen LogP contribution in [0.4, 0.5) is 5.69 Å². The Morgan fingerprint density at radius 3 is 2.68 bits per heavy atom. The first kappa shape index (κ1) is 16.8. The maximum absolute atomic E-state index is 12.4. The number of hydrogen-bond acceptors (Lipinski definition) is 5. The van der Waals surface area contributed by atoms with Crippen LogP contribution in [0.25, 0.3) is 0 Å². The fourth-order valence-electron chi connectivity index (χ4n) is 4.73. The number of rotatable bonds is 4. The predicted octanol–water partition coefficient (Wildman–Crippen LogP) is 2.86. The van der Waals surface area contributed by atoms with Crippen molar-refractivity contribution in [1.82, 2.24) is 9.88 Å². The summed E-state index contributed by atoms with van der Waals surface area (Å²) >= 11 is 0.